The highest BCUT2D eigenvalue weighted by molar-refractivity contribution is 6.08. The average Bonchev–Trinajstić information content (AvgIpc) is 3.45. The van der Waals surface area contributed by atoms with Crippen LogP contribution in [0.2, 0.25) is 0 Å². The number of rotatable bonds is 5. The van der Waals surface area contributed by atoms with Gasteiger partial charge in [0.05, 0.1) is 11.8 Å². The van der Waals surface area contributed by atoms with Crippen LogP contribution < -0.4 is 4.74 Å². The molecule has 2 saturated carbocycles. The normalized spacial score (nSPS) is 27.5. The van der Waals surface area contributed by atoms with Crippen LogP contribution in [0.5, 0.6) is 5.75 Å². The molecule has 5 nitrogen and oxygen atoms in total. The molecule has 0 N–H and O–H groups in total. The number of hydrogen-bond acceptors (Lipinski definition) is 4. The van der Waals surface area contributed by atoms with E-state index in [1.807, 2.05) is 56.3 Å². The number of likely N-dealkylation sites (tertiary alicyclic amines) is 1. The van der Waals surface area contributed by atoms with Crippen LogP contribution in [0.25, 0.3) is 0 Å². The lowest BCUT2D eigenvalue weighted by Crippen LogP contribution is -2.49. The number of carbonyl (C=O) groups is 3. The summed E-state index contributed by atoms with van der Waals surface area (Å²) in [5.41, 5.74) is 2.79. The molecule has 0 spiro atoms. The fourth-order valence-corrected chi connectivity index (χ4v) is 5.87. The number of carbonyl (C=O) groups excluding carboxylic acids is 3. The minimum Gasteiger partial charge on any atom is -0.425 e. The summed E-state index contributed by atoms with van der Waals surface area (Å²) < 4.78 is 5.78. The zero-order valence-corrected chi connectivity index (χ0v) is 17.9. The van der Waals surface area contributed by atoms with E-state index in [-0.39, 0.29) is 41.9 Å². The average molecular weight is 418 g/mol. The molecule has 3 aliphatic rings. The molecule has 5 rings (SSSR count). The Labute approximate surface area is 182 Å². The first-order chi connectivity index (χ1) is 15.0. The van der Waals surface area contributed by atoms with E-state index >= 15 is 0 Å². The van der Waals surface area contributed by atoms with Crippen molar-refractivity contribution in [2.75, 3.05) is 0 Å². The van der Waals surface area contributed by atoms with Crippen LogP contribution in [0.15, 0.2) is 48.5 Å². The van der Waals surface area contributed by atoms with Gasteiger partial charge in [0, 0.05) is 6.42 Å². The number of ether oxygens (including phenoxy) is 1. The van der Waals surface area contributed by atoms with Gasteiger partial charge in [0.15, 0.2) is 0 Å². The first-order valence-corrected chi connectivity index (χ1v) is 11.1. The standard InChI is InChI=1S/C26H27NO4/c1-15-7-6-10-21(16(15)2)31-26(30)20(13-17-8-4-3-5-9-17)27-24(28)22-18-11-12-19(14-18)23(22)25(27)29/h3-10,18-20,22-23H,11-14H2,1-2H3/t18-,19+,20-,22+,23-/m1/s1. The van der Waals surface area contributed by atoms with Crippen LogP contribution in [0, 0.1) is 37.5 Å². The number of benzene rings is 2. The topological polar surface area (TPSA) is 63.7 Å². The molecule has 1 heterocycles. The molecule has 2 aromatic rings. The zero-order chi connectivity index (χ0) is 21.7. The molecule has 0 radical (unpaired) electrons. The third-order valence-corrected chi connectivity index (χ3v) is 7.58. The largest absolute Gasteiger partial charge is 0.425 e. The lowest BCUT2D eigenvalue weighted by molar-refractivity contribution is -0.154. The summed E-state index contributed by atoms with van der Waals surface area (Å²) in [6, 6.07) is 14.1. The number of nitrogens with zero attached hydrogens (tertiary/aromatic N) is 1. The number of esters is 1. The maximum atomic E-state index is 13.4. The first kappa shape index (κ1) is 20.0. The molecule has 2 aromatic carbocycles. The first-order valence-electron chi connectivity index (χ1n) is 11.1. The number of hydrogen-bond donors (Lipinski definition) is 0. The lowest BCUT2D eigenvalue weighted by atomic mass is 9.81. The Morgan fingerprint density at radius 1 is 0.968 bits per heavy atom. The van der Waals surface area contributed by atoms with Crippen molar-refractivity contribution in [2.24, 2.45) is 23.7 Å². The summed E-state index contributed by atoms with van der Waals surface area (Å²) in [4.78, 5) is 41.4. The summed E-state index contributed by atoms with van der Waals surface area (Å²) in [5, 5.41) is 0. The van der Waals surface area contributed by atoms with Gasteiger partial charge in [0.25, 0.3) is 0 Å². The molecule has 31 heavy (non-hydrogen) atoms. The van der Waals surface area contributed by atoms with E-state index < -0.39 is 12.0 Å². The molecular formula is C26H27NO4. The lowest BCUT2D eigenvalue weighted by Gasteiger charge is -2.26. The highest BCUT2D eigenvalue weighted by Gasteiger charge is 2.62. The Morgan fingerprint density at radius 3 is 2.26 bits per heavy atom. The van der Waals surface area contributed by atoms with E-state index in [1.165, 1.54) is 4.90 Å². The SMILES string of the molecule is Cc1cccc(OC(=O)[C@@H](Cc2ccccc2)N2C(=O)[C@@H]3[C@H]4CC[C@H](C4)[C@@H]3C2=O)c1C. The Bertz CT molecular complexity index is 1020. The van der Waals surface area contributed by atoms with Crippen LogP contribution >= 0.6 is 0 Å². The molecule has 1 saturated heterocycles. The summed E-state index contributed by atoms with van der Waals surface area (Å²) in [6.45, 7) is 3.86. The molecule has 3 fully saturated rings. The Kier molecular flexibility index (Phi) is 4.92. The van der Waals surface area contributed by atoms with Crippen LogP contribution in [0.1, 0.15) is 36.0 Å². The summed E-state index contributed by atoms with van der Waals surface area (Å²) >= 11 is 0. The number of fused-ring (bicyclic) bond motifs is 5. The monoisotopic (exact) mass is 417 g/mol. The maximum absolute atomic E-state index is 13.4. The number of aryl methyl sites for hydroxylation is 1. The second kappa shape index (κ2) is 7.63. The highest BCUT2D eigenvalue weighted by atomic mass is 16.5. The Morgan fingerprint density at radius 2 is 1.61 bits per heavy atom. The predicted molar refractivity (Wildman–Crippen MR) is 115 cm³/mol. The van der Waals surface area contributed by atoms with E-state index in [9.17, 15) is 14.4 Å². The fourth-order valence-electron chi connectivity index (χ4n) is 5.87. The summed E-state index contributed by atoms with van der Waals surface area (Å²) in [6.07, 6.45) is 3.25. The number of imide groups is 1. The van der Waals surface area contributed by atoms with Gasteiger partial charge < -0.3 is 4.74 Å². The van der Waals surface area contributed by atoms with Gasteiger partial charge in [0.1, 0.15) is 11.8 Å². The second-order valence-electron chi connectivity index (χ2n) is 9.26. The smallest absolute Gasteiger partial charge is 0.335 e. The molecule has 1 aliphatic heterocycles. The van der Waals surface area contributed by atoms with Crippen LogP contribution in [0.4, 0.5) is 0 Å². The van der Waals surface area contributed by atoms with Crippen molar-refractivity contribution < 1.29 is 19.1 Å². The van der Waals surface area contributed by atoms with Crippen LogP contribution in [0.3, 0.4) is 0 Å². The molecule has 0 aromatic heterocycles. The van der Waals surface area contributed by atoms with E-state index in [0.29, 0.717) is 5.75 Å². The van der Waals surface area contributed by atoms with Gasteiger partial charge in [-0.05, 0) is 67.7 Å². The molecule has 160 valence electrons. The molecule has 2 bridgehead atoms. The Balaban J connectivity index is 1.47. The fraction of sp³-hybridized carbons (Fsp3) is 0.423. The van der Waals surface area contributed by atoms with Crippen molar-refractivity contribution in [3.63, 3.8) is 0 Å². The van der Waals surface area contributed by atoms with Crippen LogP contribution in [-0.2, 0) is 20.8 Å². The van der Waals surface area contributed by atoms with Crippen molar-refractivity contribution in [2.45, 2.75) is 45.6 Å². The van der Waals surface area contributed by atoms with Crippen molar-refractivity contribution in [3.05, 3.63) is 65.2 Å². The van der Waals surface area contributed by atoms with Crippen molar-refractivity contribution in [3.8, 4) is 5.75 Å². The molecule has 2 aliphatic carbocycles. The van der Waals surface area contributed by atoms with Crippen molar-refractivity contribution in [1.29, 1.82) is 0 Å². The van der Waals surface area contributed by atoms with E-state index in [1.54, 1.807) is 6.07 Å². The predicted octanol–water partition coefficient (Wildman–Crippen LogP) is 3.85. The molecule has 2 amide bonds. The van der Waals surface area contributed by atoms with Crippen molar-refractivity contribution in [1.82, 2.24) is 4.90 Å². The summed E-state index contributed by atoms with van der Waals surface area (Å²) in [7, 11) is 0. The Hall–Kier alpha value is -2.95. The third-order valence-electron chi connectivity index (χ3n) is 7.58. The molecule has 5 heteroatoms. The third kappa shape index (κ3) is 3.27. The molecular weight excluding hydrogens is 390 g/mol. The highest BCUT2D eigenvalue weighted by Crippen LogP contribution is 2.56. The van der Waals surface area contributed by atoms with Crippen LogP contribution in [-0.4, -0.2) is 28.7 Å². The second-order valence-corrected chi connectivity index (χ2v) is 9.26. The zero-order valence-electron chi connectivity index (χ0n) is 17.9. The number of amides is 2. The maximum Gasteiger partial charge on any atom is 0.335 e. The van der Waals surface area contributed by atoms with Gasteiger partial charge in [-0.2, -0.15) is 0 Å². The minimum atomic E-state index is -0.952. The van der Waals surface area contributed by atoms with Gasteiger partial charge in [0.2, 0.25) is 11.8 Å². The molecule has 5 atom stereocenters. The van der Waals surface area contributed by atoms with E-state index in [4.69, 9.17) is 4.74 Å². The summed E-state index contributed by atoms with van der Waals surface area (Å²) in [5.74, 6) is -0.375. The quantitative estimate of drug-likeness (QED) is 0.421. The van der Waals surface area contributed by atoms with Crippen molar-refractivity contribution >= 4 is 17.8 Å². The van der Waals surface area contributed by atoms with Gasteiger partial charge in [-0.1, -0.05) is 42.5 Å². The van der Waals surface area contributed by atoms with Gasteiger partial charge in [-0.3, -0.25) is 14.5 Å². The van der Waals surface area contributed by atoms with E-state index in [2.05, 4.69) is 0 Å². The van der Waals surface area contributed by atoms with E-state index in [0.717, 1.165) is 36.0 Å². The van der Waals surface area contributed by atoms with Gasteiger partial charge >= 0.3 is 5.97 Å². The minimum absolute atomic E-state index is 0.180. The van der Waals surface area contributed by atoms with Gasteiger partial charge in [-0.15, -0.1) is 0 Å². The van der Waals surface area contributed by atoms with Gasteiger partial charge in [-0.25, -0.2) is 4.79 Å². The molecule has 0 unspecified atom stereocenters.